The van der Waals surface area contributed by atoms with Gasteiger partial charge in [-0.15, -0.1) is 11.3 Å². The first kappa shape index (κ1) is 14.2. The molecule has 0 bridgehead atoms. The van der Waals surface area contributed by atoms with Crippen molar-refractivity contribution in [2.45, 2.75) is 25.4 Å². The van der Waals surface area contributed by atoms with Crippen molar-refractivity contribution in [2.24, 2.45) is 0 Å². The molecule has 1 aliphatic heterocycles. The van der Waals surface area contributed by atoms with Crippen LogP contribution in [-0.2, 0) is 11.2 Å². The van der Waals surface area contributed by atoms with Crippen molar-refractivity contribution in [3.05, 3.63) is 35.5 Å². The van der Waals surface area contributed by atoms with E-state index in [2.05, 4.69) is 9.97 Å². The number of nitrogens with zero attached hydrogens (tertiary/aromatic N) is 3. The highest BCUT2D eigenvalue weighted by molar-refractivity contribution is 7.13. The Bertz CT molecular complexity index is 606. The van der Waals surface area contributed by atoms with E-state index in [4.69, 9.17) is 0 Å². The van der Waals surface area contributed by atoms with E-state index >= 15 is 0 Å². The topological polar surface area (TPSA) is 66.3 Å². The average Bonchev–Trinajstić information content (AvgIpc) is 2.97. The van der Waals surface area contributed by atoms with Gasteiger partial charge in [-0.2, -0.15) is 0 Å². The Morgan fingerprint density at radius 3 is 2.90 bits per heavy atom. The zero-order valence-corrected chi connectivity index (χ0v) is 12.4. The molecule has 1 saturated heterocycles. The number of aromatic nitrogens is 2. The molecule has 3 heterocycles. The lowest BCUT2D eigenvalue weighted by molar-refractivity contribution is -0.132. The SMILES string of the molecule is O=C(Cc1csc(-c2ccccn2)n1)N1CCC(O)CC1. The second kappa shape index (κ2) is 6.32. The molecule has 0 spiro atoms. The van der Waals surface area contributed by atoms with Crippen molar-refractivity contribution in [3.8, 4) is 10.7 Å². The largest absolute Gasteiger partial charge is 0.393 e. The summed E-state index contributed by atoms with van der Waals surface area (Å²) in [5.74, 6) is 0.0831. The summed E-state index contributed by atoms with van der Waals surface area (Å²) >= 11 is 1.51. The van der Waals surface area contributed by atoms with E-state index in [1.807, 2.05) is 28.5 Å². The highest BCUT2D eigenvalue weighted by Gasteiger charge is 2.22. The predicted molar refractivity (Wildman–Crippen MR) is 80.9 cm³/mol. The summed E-state index contributed by atoms with van der Waals surface area (Å²) in [5.41, 5.74) is 1.62. The molecule has 0 aromatic carbocycles. The normalized spacial score (nSPS) is 16.1. The van der Waals surface area contributed by atoms with Crippen molar-refractivity contribution in [1.82, 2.24) is 14.9 Å². The minimum Gasteiger partial charge on any atom is -0.393 e. The van der Waals surface area contributed by atoms with Crippen LogP contribution in [0.3, 0.4) is 0 Å². The molecule has 0 unspecified atom stereocenters. The fraction of sp³-hybridized carbons (Fsp3) is 0.400. The van der Waals surface area contributed by atoms with Gasteiger partial charge < -0.3 is 10.0 Å². The molecule has 0 aliphatic carbocycles. The van der Waals surface area contributed by atoms with E-state index in [0.29, 0.717) is 32.4 Å². The van der Waals surface area contributed by atoms with Crippen LogP contribution in [-0.4, -0.2) is 45.1 Å². The lowest BCUT2D eigenvalue weighted by atomic mass is 10.1. The lowest BCUT2D eigenvalue weighted by Gasteiger charge is -2.29. The van der Waals surface area contributed by atoms with Gasteiger partial charge in [0.25, 0.3) is 0 Å². The minimum atomic E-state index is -0.260. The summed E-state index contributed by atoms with van der Waals surface area (Å²) in [6.45, 7) is 1.27. The van der Waals surface area contributed by atoms with E-state index in [1.54, 1.807) is 6.20 Å². The molecule has 0 saturated carbocycles. The van der Waals surface area contributed by atoms with Gasteiger partial charge >= 0.3 is 0 Å². The van der Waals surface area contributed by atoms with E-state index in [1.165, 1.54) is 11.3 Å². The summed E-state index contributed by atoms with van der Waals surface area (Å²) in [7, 11) is 0. The van der Waals surface area contributed by atoms with Crippen molar-refractivity contribution in [2.75, 3.05) is 13.1 Å². The Labute approximate surface area is 127 Å². The van der Waals surface area contributed by atoms with Gasteiger partial charge in [0, 0.05) is 24.7 Å². The second-order valence-electron chi connectivity index (χ2n) is 5.15. The summed E-state index contributed by atoms with van der Waals surface area (Å²) in [5, 5.41) is 12.2. The summed E-state index contributed by atoms with van der Waals surface area (Å²) < 4.78 is 0. The first-order valence-corrected chi connectivity index (χ1v) is 7.92. The van der Waals surface area contributed by atoms with Gasteiger partial charge in [0.1, 0.15) is 5.01 Å². The van der Waals surface area contributed by atoms with Crippen molar-refractivity contribution >= 4 is 17.2 Å². The monoisotopic (exact) mass is 303 g/mol. The lowest BCUT2D eigenvalue weighted by Crippen LogP contribution is -2.40. The highest BCUT2D eigenvalue weighted by Crippen LogP contribution is 2.22. The third-order valence-corrected chi connectivity index (χ3v) is 4.50. The molecule has 2 aromatic rings. The molecule has 0 atom stereocenters. The van der Waals surface area contributed by atoms with Crippen LogP contribution in [0.1, 0.15) is 18.5 Å². The molecule has 6 heteroatoms. The summed E-state index contributed by atoms with van der Waals surface area (Å²) in [6, 6.07) is 5.70. The van der Waals surface area contributed by atoms with Gasteiger partial charge in [0.2, 0.25) is 5.91 Å². The second-order valence-corrected chi connectivity index (χ2v) is 6.01. The number of amides is 1. The number of hydrogen-bond acceptors (Lipinski definition) is 5. The fourth-order valence-corrected chi connectivity index (χ4v) is 3.17. The number of aliphatic hydroxyl groups excluding tert-OH is 1. The molecule has 1 amide bonds. The maximum atomic E-state index is 12.2. The molecular weight excluding hydrogens is 286 g/mol. The third kappa shape index (κ3) is 3.46. The number of piperidine rings is 1. The molecule has 2 aromatic heterocycles. The average molecular weight is 303 g/mol. The molecule has 0 radical (unpaired) electrons. The molecule has 1 N–H and O–H groups in total. The van der Waals surface area contributed by atoms with E-state index in [-0.39, 0.29) is 12.0 Å². The number of carbonyl (C=O) groups is 1. The van der Waals surface area contributed by atoms with Crippen LogP contribution >= 0.6 is 11.3 Å². The zero-order chi connectivity index (χ0) is 14.7. The minimum absolute atomic E-state index is 0.0831. The molecule has 1 fully saturated rings. The fourth-order valence-electron chi connectivity index (χ4n) is 2.38. The molecule has 5 nitrogen and oxygen atoms in total. The number of hydrogen-bond donors (Lipinski definition) is 1. The number of carbonyl (C=O) groups excluding carboxylic acids is 1. The number of thiazole rings is 1. The Kier molecular flexibility index (Phi) is 4.26. The van der Waals surface area contributed by atoms with Crippen LogP contribution in [0.25, 0.3) is 10.7 Å². The number of aliphatic hydroxyl groups is 1. The van der Waals surface area contributed by atoms with Crippen molar-refractivity contribution in [3.63, 3.8) is 0 Å². The van der Waals surface area contributed by atoms with E-state index < -0.39 is 0 Å². The zero-order valence-electron chi connectivity index (χ0n) is 11.6. The van der Waals surface area contributed by atoms with Crippen LogP contribution < -0.4 is 0 Å². The first-order valence-electron chi connectivity index (χ1n) is 7.04. The third-order valence-electron chi connectivity index (χ3n) is 3.59. The van der Waals surface area contributed by atoms with Gasteiger partial charge in [-0.1, -0.05) is 6.07 Å². The summed E-state index contributed by atoms with van der Waals surface area (Å²) in [4.78, 5) is 22.8. The van der Waals surface area contributed by atoms with Crippen LogP contribution in [0.15, 0.2) is 29.8 Å². The molecule has 3 rings (SSSR count). The molecule has 110 valence electrons. The van der Waals surface area contributed by atoms with E-state index in [0.717, 1.165) is 16.4 Å². The quantitative estimate of drug-likeness (QED) is 0.938. The van der Waals surface area contributed by atoms with Gasteiger partial charge in [-0.05, 0) is 25.0 Å². The first-order chi connectivity index (χ1) is 10.2. The van der Waals surface area contributed by atoms with Gasteiger partial charge in [-0.3, -0.25) is 9.78 Å². The van der Waals surface area contributed by atoms with Gasteiger partial charge in [-0.25, -0.2) is 4.98 Å². The van der Waals surface area contributed by atoms with Gasteiger partial charge in [0.05, 0.1) is 23.9 Å². The molecular formula is C15H17N3O2S. The standard InChI is InChI=1S/C15H17N3O2S/c19-12-4-7-18(8-5-12)14(20)9-11-10-21-15(17-11)13-3-1-2-6-16-13/h1-3,6,10,12,19H,4-5,7-9H2. The number of rotatable bonds is 3. The Morgan fingerprint density at radius 2 is 2.19 bits per heavy atom. The Morgan fingerprint density at radius 1 is 1.38 bits per heavy atom. The van der Waals surface area contributed by atoms with Crippen LogP contribution in [0.2, 0.25) is 0 Å². The molecule has 1 aliphatic rings. The smallest absolute Gasteiger partial charge is 0.228 e. The van der Waals surface area contributed by atoms with Crippen molar-refractivity contribution in [1.29, 1.82) is 0 Å². The van der Waals surface area contributed by atoms with Gasteiger partial charge in [0.15, 0.2) is 0 Å². The van der Waals surface area contributed by atoms with Crippen molar-refractivity contribution < 1.29 is 9.90 Å². The Balaban J connectivity index is 1.63. The number of likely N-dealkylation sites (tertiary alicyclic amines) is 1. The van der Waals surface area contributed by atoms with E-state index in [9.17, 15) is 9.90 Å². The number of pyridine rings is 1. The highest BCUT2D eigenvalue weighted by atomic mass is 32.1. The molecule has 21 heavy (non-hydrogen) atoms. The maximum Gasteiger partial charge on any atom is 0.228 e. The summed E-state index contributed by atoms with van der Waals surface area (Å²) in [6.07, 6.45) is 3.13. The maximum absolute atomic E-state index is 12.2. The Hall–Kier alpha value is -1.79. The van der Waals surface area contributed by atoms with Crippen LogP contribution in [0.4, 0.5) is 0 Å². The predicted octanol–water partition coefficient (Wildman–Crippen LogP) is 1.73. The van der Waals surface area contributed by atoms with Crippen LogP contribution in [0, 0.1) is 0 Å². The van der Waals surface area contributed by atoms with Crippen LogP contribution in [0.5, 0.6) is 0 Å².